The van der Waals surface area contributed by atoms with E-state index in [1.165, 1.54) is 0 Å². The van der Waals surface area contributed by atoms with E-state index < -0.39 is 0 Å². The van der Waals surface area contributed by atoms with Gasteiger partial charge in [-0.05, 0) is 49.8 Å². The second-order valence-corrected chi connectivity index (χ2v) is 6.21. The number of rotatable bonds is 6. The van der Waals surface area contributed by atoms with E-state index in [1.54, 1.807) is 0 Å². The van der Waals surface area contributed by atoms with E-state index in [-0.39, 0.29) is 0 Å². The van der Waals surface area contributed by atoms with Crippen molar-refractivity contribution >= 4 is 23.2 Å². The molecule has 0 radical (unpaired) electrons. The van der Waals surface area contributed by atoms with Gasteiger partial charge in [0.1, 0.15) is 0 Å². The van der Waals surface area contributed by atoms with Crippen LogP contribution in [0.4, 0.5) is 0 Å². The number of benzene rings is 1. The van der Waals surface area contributed by atoms with E-state index in [1.807, 2.05) is 12.1 Å². The molecule has 1 aromatic carbocycles. The van der Waals surface area contributed by atoms with Crippen LogP contribution in [-0.2, 0) is 11.2 Å². The minimum atomic E-state index is 0.454. The molecule has 0 bridgehead atoms. The third-order valence-electron chi connectivity index (χ3n) is 3.96. The van der Waals surface area contributed by atoms with E-state index in [4.69, 9.17) is 27.9 Å². The Bertz CT molecular complexity index is 419. The van der Waals surface area contributed by atoms with Crippen molar-refractivity contribution in [3.63, 3.8) is 0 Å². The molecule has 1 heterocycles. The summed E-state index contributed by atoms with van der Waals surface area (Å²) in [5.41, 5.74) is 1.14. The third-order valence-corrected chi connectivity index (χ3v) is 4.82. The highest BCUT2D eigenvalue weighted by Crippen LogP contribution is 2.29. The van der Waals surface area contributed by atoms with Crippen molar-refractivity contribution in [1.29, 1.82) is 0 Å². The first kappa shape index (κ1) is 16.1. The van der Waals surface area contributed by atoms with Crippen LogP contribution in [-0.4, -0.2) is 25.8 Å². The molecule has 1 aliphatic heterocycles. The smallest absolute Gasteiger partial charge is 0.0624 e. The molecule has 1 unspecified atom stereocenters. The second-order valence-electron chi connectivity index (χ2n) is 5.43. The molecule has 0 aliphatic carbocycles. The molecule has 1 fully saturated rings. The lowest BCUT2D eigenvalue weighted by Gasteiger charge is -2.31. The lowest BCUT2D eigenvalue weighted by molar-refractivity contribution is 0.0538. The molecule has 20 heavy (non-hydrogen) atoms. The first-order valence-corrected chi connectivity index (χ1v) is 8.22. The zero-order chi connectivity index (χ0) is 14.4. The molecule has 2 nitrogen and oxygen atoms in total. The number of halogens is 2. The normalized spacial score (nSPS) is 18.1. The summed E-state index contributed by atoms with van der Waals surface area (Å²) in [4.78, 5) is 0. The Morgan fingerprint density at radius 3 is 2.75 bits per heavy atom. The fourth-order valence-electron chi connectivity index (χ4n) is 2.80. The van der Waals surface area contributed by atoms with E-state index in [2.05, 4.69) is 18.3 Å². The summed E-state index contributed by atoms with van der Waals surface area (Å²) >= 11 is 12.4. The predicted molar refractivity (Wildman–Crippen MR) is 85.8 cm³/mol. The van der Waals surface area contributed by atoms with Crippen molar-refractivity contribution < 1.29 is 4.74 Å². The predicted octanol–water partition coefficient (Wildman–Crippen LogP) is 4.33. The fourth-order valence-corrected chi connectivity index (χ4v) is 3.19. The highest BCUT2D eigenvalue weighted by atomic mass is 35.5. The van der Waals surface area contributed by atoms with Crippen molar-refractivity contribution in [2.45, 2.75) is 38.6 Å². The summed E-state index contributed by atoms with van der Waals surface area (Å²) in [7, 11) is 0. The molecule has 0 saturated carbocycles. The van der Waals surface area contributed by atoms with Crippen molar-refractivity contribution in [2.24, 2.45) is 5.92 Å². The van der Waals surface area contributed by atoms with Gasteiger partial charge in [0.25, 0.3) is 0 Å². The minimum Gasteiger partial charge on any atom is -0.381 e. The summed E-state index contributed by atoms with van der Waals surface area (Å²) in [6.07, 6.45) is 4.33. The van der Waals surface area contributed by atoms with Crippen molar-refractivity contribution in [2.75, 3.05) is 19.8 Å². The average molecular weight is 316 g/mol. The Hall–Kier alpha value is -0.280. The van der Waals surface area contributed by atoms with Crippen LogP contribution in [0.5, 0.6) is 0 Å². The second kappa shape index (κ2) is 8.23. The number of nitrogens with one attached hydrogen (secondary N) is 1. The highest BCUT2D eigenvalue weighted by Gasteiger charge is 2.24. The van der Waals surface area contributed by atoms with Gasteiger partial charge in [0, 0.05) is 19.3 Å². The van der Waals surface area contributed by atoms with Crippen LogP contribution in [0.3, 0.4) is 0 Å². The van der Waals surface area contributed by atoms with Crippen LogP contribution in [0.2, 0.25) is 10.0 Å². The molecule has 0 spiro atoms. The molecule has 0 aromatic heterocycles. The van der Waals surface area contributed by atoms with Crippen LogP contribution in [0.1, 0.15) is 31.7 Å². The number of hydrogen-bond donors (Lipinski definition) is 1. The Labute approximate surface area is 131 Å². The first-order chi connectivity index (χ1) is 9.72. The molecule has 112 valence electrons. The fraction of sp³-hybridized carbons (Fsp3) is 0.625. The summed E-state index contributed by atoms with van der Waals surface area (Å²) in [5.74, 6) is 0.658. The van der Waals surface area contributed by atoms with E-state index in [0.717, 1.165) is 51.0 Å². The quantitative estimate of drug-likeness (QED) is 0.843. The average Bonchev–Trinajstić information content (AvgIpc) is 2.48. The van der Waals surface area contributed by atoms with Gasteiger partial charge in [-0.2, -0.15) is 0 Å². The molecular weight excluding hydrogens is 293 g/mol. The van der Waals surface area contributed by atoms with Crippen LogP contribution >= 0.6 is 23.2 Å². The first-order valence-electron chi connectivity index (χ1n) is 7.46. The van der Waals surface area contributed by atoms with Crippen LogP contribution in [0.25, 0.3) is 0 Å². The standard InChI is InChI=1S/C16H23Cl2NO/c1-2-8-19-15(12-6-9-20-10-7-12)11-13-4-3-5-14(17)16(13)18/h3-5,12,15,19H,2,6-11H2,1H3. The summed E-state index contributed by atoms with van der Waals surface area (Å²) in [5, 5.41) is 5.02. The van der Waals surface area contributed by atoms with Crippen LogP contribution < -0.4 is 5.32 Å². The van der Waals surface area contributed by atoms with Gasteiger partial charge in [0.2, 0.25) is 0 Å². The Morgan fingerprint density at radius 1 is 1.30 bits per heavy atom. The van der Waals surface area contributed by atoms with Gasteiger partial charge >= 0.3 is 0 Å². The van der Waals surface area contributed by atoms with Crippen LogP contribution in [0.15, 0.2) is 18.2 Å². The van der Waals surface area contributed by atoms with Gasteiger partial charge in [0.05, 0.1) is 10.0 Å². The minimum absolute atomic E-state index is 0.454. The van der Waals surface area contributed by atoms with Crippen LogP contribution in [0, 0.1) is 5.92 Å². The monoisotopic (exact) mass is 315 g/mol. The molecule has 1 aliphatic rings. The van der Waals surface area contributed by atoms with Gasteiger partial charge in [-0.15, -0.1) is 0 Å². The van der Waals surface area contributed by atoms with Gasteiger partial charge in [-0.3, -0.25) is 0 Å². The zero-order valence-corrected chi connectivity index (χ0v) is 13.5. The molecule has 2 rings (SSSR count). The maximum atomic E-state index is 6.33. The molecule has 1 saturated heterocycles. The number of hydrogen-bond acceptors (Lipinski definition) is 2. The maximum Gasteiger partial charge on any atom is 0.0624 e. The maximum absolute atomic E-state index is 6.33. The molecule has 4 heteroatoms. The Kier molecular flexibility index (Phi) is 6.63. The highest BCUT2D eigenvalue weighted by molar-refractivity contribution is 6.42. The molecular formula is C16H23Cl2NO. The van der Waals surface area contributed by atoms with Crippen molar-refractivity contribution in [3.05, 3.63) is 33.8 Å². The lowest BCUT2D eigenvalue weighted by atomic mass is 9.87. The number of ether oxygens (including phenoxy) is 1. The molecule has 1 atom stereocenters. The van der Waals surface area contributed by atoms with Crippen molar-refractivity contribution in [1.82, 2.24) is 5.32 Å². The van der Waals surface area contributed by atoms with Crippen molar-refractivity contribution in [3.8, 4) is 0 Å². The Balaban J connectivity index is 2.07. The molecule has 1 N–H and O–H groups in total. The van der Waals surface area contributed by atoms with E-state index >= 15 is 0 Å². The zero-order valence-electron chi connectivity index (χ0n) is 12.0. The van der Waals surface area contributed by atoms with Gasteiger partial charge in [-0.25, -0.2) is 0 Å². The topological polar surface area (TPSA) is 21.3 Å². The largest absolute Gasteiger partial charge is 0.381 e. The molecule has 1 aromatic rings. The summed E-state index contributed by atoms with van der Waals surface area (Å²) in [6, 6.07) is 6.35. The Morgan fingerprint density at radius 2 is 2.05 bits per heavy atom. The third kappa shape index (κ3) is 4.36. The van der Waals surface area contributed by atoms with E-state index in [9.17, 15) is 0 Å². The summed E-state index contributed by atoms with van der Waals surface area (Å²) in [6.45, 7) is 4.98. The van der Waals surface area contributed by atoms with E-state index in [0.29, 0.717) is 22.0 Å². The van der Waals surface area contributed by atoms with Gasteiger partial charge in [-0.1, -0.05) is 42.3 Å². The summed E-state index contributed by atoms with van der Waals surface area (Å²) < 4.78 is 5.47. The SMILES string of the molecule is CCCNC(Cc1cccc(Cl)c1Cl)C1CCOCC1. The lowest BCUT2D eigenvalue weighted by Crippen LogP contribution is -2.41. The van der Waals surface area contributed by atoms with Gasteiger partial charge < -0.3 is 10.1 Å². The van der Waals surface area contributed by atoms with Gasteiger partial charge in [0.15, 0.2) is 0 Å². The molecule has 0 amide bonds.